The van der Waals surface area contributed by atoms with E-state index in [9.17, 15) is 0 Å². The molecule has 1 heteroatoms. The van der Waals surface area contributed by atoms with Crippen molar-refractivity contribution in [3.8, 4) is 0 Å². The molecule has 1 atom stereocenters. The third-order valence-corrected chi connectivity index (χ3v) is 6.15. The van der Waals surface area contributed by atoms with Crippen molar-refractivity contribution in [1.82, 2.24) is 0 Å². The molecular weight excluding hydrogens is 196 g/mol. The molecule has 0 N–H and O–H groups in total. The lowest BCUT2D eigenvalue weighted by atomic mass is 9.94. The van der Waals surface area contributed by atoms with Gasteiger partial charge < -0.3 is 0 Å². The zero-order valence-electron chi connectivity index (χ0n) is 9.52. The summed E-state index contributed by atoms with van der Waals surface area (Å²) in [6.07, 6.45) is 22.4. The summed E-state index contributed by atoms with van der Waals surface area (Å²) in [6, 6.07) is 0. The Morgan fingerprint density at radius 2 is 2.00 bits per heavy atom. The van der Waals surface area contributed by atoms with Gasteiger partial charge in [0.15, 0.2) is 0 Å². The van der Waals surface area contributed by atoms with Gasteiger partial charge in [-0.15, -0.1) is 0 Å². The lowest BCUT2D eigenvalue weighted by Crippen LogP contribution is -2.21. The number of hydrogen-bond acceptors (Lipinski definition) is 0. The van der Waals surface area contributed by atoms with Crippen molar-refractivity contribution in [1.29, 1.82) is 0 Å². The molecule has 15 heavy (non-hydrogen) atoms. The average molecular weight is 216 g/mol. The third-order valence-electron chi connectivity index (χ3n) is 3.44. The first-order valence-electron chi connectivity index (χ1n) is 6.04. The van der Waals surface area contributed by atoms with Crippen LogP contribution >= 0.6 is 0 Å². The van der Waals surface area contributed by atoms with E-state index in [1.165, 1.54) is 19.3 Å². The lowest BCUT2D eigenvalue weighted by Gasteiger charge is -2.32. The van der Waals surface area contributed by atoms with E-state index in [0.717, 1.165) is 5.54 Å². The maximum atomic E-state index is 2.49. The van der Waals surface area contributed by atoms with E-state index in [0.29, 0.717) is 5.04 Å². The summed E-state index contributed by atoms with van der Waals surface area (Å²) < 4.78 is 0. The molecule has 1 unspecified atom stereocenters. The molecule has 0 bridgehead atoms. The summed E-state index contributed by atoms with van der Waals surface area (Å²) in [7, 11) is -0.0875. The van der Waals surface area contributed by atoms with Gasteiger partial charge in [0.1, 0.15) is 0 Å². The van der Waals surface area contributed by atoms with E-state index < -0.39 is 0 Å². The van der Waals surface area contributed by atoms with Crippen molar-refractivity contribution >= 4 is 9.52 Å². The molecule has 2 aliphatic carbocycles. The predicted octanol–water partition coefficient (Wildman–Crippen LogP) is 3.54. The Hall–Kier alpha value is -0.823. The molecule has 2 rings (SSSR count). The van der Waals surface area contributed by atoms with Crippen LogP contribution in [0.15, 0.2) is 48.6 Å². The van der Waals surface area contributed by atoms with Gasteiger partial charge in [-0.3, -0.25) is 0 Å². The van der Waals surface area contributed by atoms with Gasteiger partial charge in [-0.05, 0) is 23.4 Å². The van der Waals surface area contributed by atoms with Crippen LogP contribution in [-0.4, -0.2) is 9.52 Å². The molecule has 0 aliphatic heterocycles. The maximum Gasteiger partial charge on any atom is 0.0447 e. The van der Waals surface area contributed by atoms with E-state index in [2.05, 4.69) is 55.5 Å². The van der Waals surface area contributed by atoms with Gasteiger partial charge in [-0.2, -0.15) is 0 Å². The van der Waals surface area contributed by atoms with Gasteiger partial charge in [-0.1, -0.05) is 62.0 Å². The Kier molecular flexibility index (Phi) is 3.42. The van der Waals surface area contributed by atoms with Crippen LogP contribution in [0.25, 0.3) is 0 Å². The van der Waals surface area contributed by atoms with Gasteiger partial charge in [0.05, 0.1) is 0 Å². The monoisotopic (exact) mass is 216 g/mol. The van der Waals surface area contributed by atoms with Crippen molar-refractivity contribution in [3.05, 3.63) is 48.6 Å². The van der Waals surface area contributed by atoms with Crippen LogP contribution in [0.3, 0.4) is 0 Å². The van der Waals surface area contributed by atoms with Gasteiger partial charge >= 0.3 is 0 Å². The summed E-state index contributed by atoms with van der Waals surface area (Å²) >= 11 is 0. The molecule has 0 fully saturated rings. The zero-order valence-corrected chi connectivity index (χ0v) is 10.9. The molecule has 0 heterocycles. The second kappa shape index (κ2) is 4.80. The Bertz CT molecular complexity index is 310. The standard InChI is InChI=1S/C14H20Si/c1-2-10-14(11-6-3-7-12-14)15-13-8-4-5-9-13/h3-9,11,13H,2,10,12,15H2,1H3. The van der Waals surface area contributed by atoms with Crippen LogP contribution in [0, 0.1) is 0 Å². The van der Waals surface area contributed by atoms with Gasteiger partial charge in [0.25, 0.3) is 0 Å². The van der Waals surface area contributed by atoms with Crippen LogP contribution < -0.4 is 0 Å². The summed E-state index contributed by atoms with van der Waals surface area (Å²) in [5.41, 5.74) is 0.799. The minimum absolute atomic E-state index is 0.0875. The molecule has 0 radical (unpaired) electrons. The Morgan fingerprint density at radius 1 is 1.20 bits per heavy atom. The first-order valence-corrected chi connectivity index (χ1v) is 7.56. The lowest BCUT2D eigenvalue weighted by molar-refractivity contribution is 0.596. The summed E-state index contributed by atoms with van der Waals surface area (Å²) in [5.74, 6) is 0. The van der Waals surface area contributed by atoms with Crippen LogP contribution in [0.2, 0.25) is 10.6 Å². The molecule has 2 aliphatic rings. The highest BCUT2D eigenvalue weighted by Gasteiger charge is 2.28. The fourth-order valence-electron chi connectivity index (χ4n) is 2.73. The number of rotatable bonds is 4. The predicted molar refractivity (Wildman–Crippen MR) is 71.1 cm³/mol. The molecule has 80 valence electrons. The number of hydrogen-bond donors (Lipinski definition) is 0. The minimum atomic E-state index is -0.0875. The van der Waals surface area contributed by atoms with E-state index in [1.807, 2.05) is 0 Å². The highest BCUT2D eigenvalue weighted by atomic mass is 28.2. The Labute approximate surface area is 95.3 Å². The van der Waals surface area contributed by atoms with Gasteiger partial charge in [0, 0.05) is 9.52 Å². The molecule has 0 aromatic heterocycles. The topological polar surface area (TPSA) is 0 Å². The molecule has 0 saturated heterocycles. The first kappa shape index (κ1) is 10.7. The maximum absolute atomic E-state index is 2.49. The van der Waals surface area contributed by atoms with Gasteiger partial charge in [-0.25, -0.2) is 0 Å². The summed E-state index contributed by atoms with van der Waals surface area (Å²) in [6.45, 7) is 2.31. The third kappa shape index (κ3) is 2.60. The molecule has 0 spiro atoms. The quantitative estimate of drug-likeness (QED) is 0.631. The molecule has 0 saturated carbocycles. The smallest absolute Gasteiger partial charge is 0.0447 e. The van der Waals surface area contributed by atoms with Crippen LogP contribution in [0.1, 0.15) is 26.2 Å². The van der Waals surface area contributed by atoms with Crippen molar-refractivity contribution in [2.75, 3.05) is 0 Å². The second-order valence-corrected chi connectivity index (χ2v) is 7.50. The number of allylic oxidation sites excluding steroid dienone is 8. The highest BCUT2D eigenvalue weighted by Crippen LogP contribution is 2.43. The SMILES string of the molecule is CCCC1([SiH2]C2C=CC=C2)C=CC=CC1. The van der Waals surface area contributed by atoms with E-state index >= 15 is 0 Å². The molecule has 0 amide bonds. The van der Waals surface area contributed by atoms with Crippen molar-refractivity contribution < 1.29 is 0 Å². The van der Waals surface area contributed by atoms with Crippen LogP contribution in [-0.2, 0) is 0 Å². The van der Waals surface area contributed by atoms with Gasteiger partial charge in [0.2, 0.25) is 0 Å². The molecule has 0 aromatic rings. The molecule has 0 nitrogen and oxygen atoms in total. The van der Waals surface area contributed by atoms with Crippen molar-refractivity contribution in [2.24, 2.45) is 0 Å². The zero-order chi connectivity index (χ0) is 10.6. The molecular formula is C14H20Si. The largest absolute Gasteiger partial charge is 0.0840 e. The average Bonchev–Trinajstić information content (AvgIpc) is 2.72. The first-order chi connectivity index (χ1) is 7.35. The second-order valence-electron chi connectivity index (χ2n) is 4.74. The van der Waals surface area contributed by atoms with Crippen LogP contribution in [0.5, 0.6) is 0 Å². The highest BCUT2D eigenvalue weighted by molar-refractivity contribution is 6.44. The van der Waals surface area contributed by atoms with E-state index in [4.69, 9.17) is 0 Å². The minimum Gasteiger partial charge on any atom is -0.0840 e. The fourth-order valence-corrected chi connectivity index (χ4v) is 5.42. The van der Waals surface area contributed by atoms with Crippen molar-refractivity contribution in [3.63, 3.8) is 0 Å². The molecule has 0 aromatic carbocycles. The normalized spacial score (nSPS) is 29.9. The fraction of sp³-hybridized carbons (Fsp3) is 0.429. The summed E-state index contributed by atoms with van der Waals surface area (Å²) in [4.78, 5) is 0. The van der Waals surface area contributed by atoms with E-state index in [-0.39, 0.29) is 9.52 Å². The Balaban J connectivity index is 2.05. The van der Waals surface area contributed by atoms with Crippen LogP contribution in [0.4, 0.5) is 0 Å². The van der Waals surface area contributed by atoms with Crippen molar-refractivity contribution in [2.45, 2.75) is 36.8 Å². The summed E-state index contributed by atoms with van der Waals surface area (Å²) in [5, 5.41) is 0.563. The Morgan fingerprint density at radius 3 is 2.60 bits per heavy atom. The van der Waals surface area contributed by atoms with E-state index in [1.54, 1.807) is 0 Å².